The third-order valence-electron chi connectivity index (χ3n) is 2.02. The average Bonchev–Trinajstić information content (AvgIpc) is 2.68. The minimum absolute atomic E-state index is 0.0241. The van der Waals surface area contributed by atoms with Crippen LogP contribution in [0.4, 0.5) is 0 Å². The molecule has 0 radical (unpaired) electrons. The maximum Gasteiger partial charge on any atom is 0.303 e. The molecule has 1 N–H and O–H groups in total. The van der Waals surface area contributed by atoms with Gasteiger partial charge in [-0.15, -0.1) is 0 Å². The predicted octanol–water partition coefficient (Wildman–Crippen LogP) is 2.87. The van der Waals surface area contributed by atoms with Crippen molar-refractivity contribution in [2.45, 2.75) is 12.8 Å². The number of fused-ring (bicyclic) bond motifs is 1. The number of thiazole rings is 1. The highest BCUT2D eigenvalue weighted by Gasteiger charge is 2.08. The standard InChI is InChI=1S/C11H9NO3S2/c13-9(14)5-6-10(16)15-11-12-7-3-1-2-4-8(7)17-11/h1-4H,5-6H2,(H,13,14). The van der Waals surface area contributed by atoms with E-state index < -0.39 is 5.97 Å². The maximum atomic E-state index is 10.4. The number of hydrogen-bond donors (Lipinski definition) is 1. The Kier molecular flexibility index (Phi) is 3.65. The van der Waals surface area contributed by atoms with Crippen LogP contribution in [0.15, 0.2) is 24.3 Å². The van der Waals surface area contributed by atoms with E-state index in [1.165, 1.54) is 11.3 Å². The first kappa shape index (κ1) is 11.9. The van der Waals surface area contributed by atoms with Crippen molar-refractivity contribution in [1.29, 1.82) is 0 Å². The molecule has 0 saturated heterocycles. The Bertz CT molecular complexity index is 532. The monoisotopic (exact) mass is 267 g/mol. The average molecular weight is 267 g/mol. The molecule has 17 heavy (non-hydrogen) atoms. The number of benzene rings is 1. The molecule has 0 bridgehead atoms. The van der Waals surface area contributed by atoms with Crippen LogP contribution in [0.3, 0.4) is 0 Å². The predicted molar refractivity (Wildman–Crippen MR) is 69.7 cm³/mol. The first-order valence-corrected chi connectivity index (χ1v) is 6.15. The number of aromatic nitrogens is 1. The highest BCUT2D eigenvalue weighted by Crippen LogP contribution is 2.27. The van der Waals surface area contributed by atoms with Gasteiger partial charge in [0.2, 0.25) is 0 Å². The van der Waals surface area contributed by atoms with E-state index in [9.17, 15) is 4.79 Å². The van der Waals surface area contributed by atoms with Crippen molar-refractivity contribution in [1.82, 2.24) is 4.98 Å². The van der Waals surface area contributed by atoms with E-state index in [2.05, 4.69) is 4.98 Å². The molecule has 0 fully saturated rings. The summed E-state index contributed by atoms with van der Waals surface area (Å²) in [5.74, 6) is -0.889. The molecule has 1 aromatic carbocycles. The molecular formula is C11H9NO3S2. The summed E-state index contributed by atoms with van der Waals surface area (Å²) >= 11 is 6.33. The Morgan fingerprint density at radius 2 is 2.18 bits per heavy atom. The highest BCUT2D eigenvalue weighted by molar-refractivity contribution is 7.80. The number of carboxylic acid groups (broad SMARTS) is 1. The number of nitrogens with zero attached hydrogens (tertiary/aromatic N) is 1. The van der Waals surface area contributed by atoms with E-state index in [1.54, 1.807) is 0 Å². The molecule has 0 unspecified atom stereocenters. The summed E-state index contributed by atoms with van der Waals surface area (Å²) in [6.07, 6.45) is 0.199. The summed E-state index contributed by atoms with van der Waals surface area (Å²) < 4.78 is 6.34. The van der Waals surface area contributed by atoms with Gasteiger partial charge >= 0.3 is 5.97 Å². The van der Waals surface area contributed by atoms with Crippen LogP contribution in [0.2, 0.25) is 0 Å². The molecular weight excluding hydrogens is 258 g/mol. The smallest absolute Gasteiger partial charge is 0.303 e. The van der Waals surface area contributed by atoms with Crippen LogP contribution in [-0.2, 0) is 4.79 Å². The molecule has 0 aliphatic carbocycles. The lowest BCUT2D eigenvalue weighted by Crippen LogP contribution is -2.07. The number of rotatable bonds is 4. The second-order valence-corrected chi connectivity index (χ2v) is 4.76. The zero-order chi connectivity index (χ0) is 12.3. The zero-order valence-electron chi connectivity index (χ0n) is 8.75. The van der Waals surface area contributed by atoms with Gasteiger partial charge in [0.1, 0.15) is 0 Å². The topological polar surface area (TPSA) is 59.4 Å². The Morgan fingerprint density at radius 1 is 1.41 bits per heavy atom. The summed E-state index contributed by atoms with van der Waals surface area (Å²) in [6.45, 7) is 0. The van der Waals surface area contributed by atoms with Gasteiger partial charge in [0.15, 0.2) is 5.05 Å². The van der Waals surface area contributed by atoms with Crippen LogP contribution in [0, 0.1) is 0 Å². The molecule has 6 heteroatoms. The second kappa shape index (κ2) is 5.20. The lowest BCUT2D eigenvalue weighted by Gasteiger charge is -2.00. The third kappa shape index (κ3) is 3.21. The van der Waals surface area contributed by atoms with E-state index >= 15 is 0 Å². The third-order valence-corrected chi connectivity index (χ3v) is 3.22. The lowest BCUT2D eigenvalue weighted by molar-refractivity contribution is -0.136. The quantitative estimate of drug-likeness (QED) is 0.863. The van der Waals surface area contributed by atoms with Crippen molar-refractivity contribution in [2.24, 2.45) is 0 Å². The van der Waals surface area contributed by atoms with Crippen LogP contribution in [0.1, 0.15) is 12.8 Å². The number of para-hydroxylation sites is 1. The molecule has 88 valence electrons. The first-order chi connectivity index (χ1) is 8.15. The van der Waals surface area contributed by atoms with Gasteiger partial charge in [-0.3, -0.25) is 4.79 Å². The Morgan fingerprint density at radius 3 is 2.88 bits per heavy atom. The minimum atomic E-state index is -0.889. The largest absolute Gasteiger partial charge is 0.481 e. The number of aliphatic carboxylic acids is 1. The fourth-order valence-electron chi connectivity index (χ4n) is 1.25. The summed E-state index contributed by atoms with van der Waals surface area (Å²) in [5.41, 5.74) is 0.855. The Labute approximate surface area is 107 Å². The molecule has 1 aromatic heterocycles. The first-order valence-electron chi connectivity index (χ1n) is 4.93. The number of carboxylic acids is 1. The van der Waals surface area contributed by atoms with Crippen molar-refractivity contribution >= 4 is 44.8 Å². The van der Waals surface area contributed by atoms with Gasteiger partial charge < -0.3 is 9.84 Å². The van der Waals surface area contributed by atoms with Crippen LogP contribution in [0.25, 0.3) is 10.2 Å². The van der Waals surface area contributed by atoms with Crippen molar-refractivity contribution in [3.8, 4) is 5.19 Å². The normalized spacial score (nSPS) is 10.4. The van der Waals surface area contributed by atoms with Gasteiger partial charge in [0.25, 0.3) is 5.19 Å². The van der Waals surface area contributed by atoms with Gasteiger partial charge in [0.05, 0.1) is 16.6 Å². The van der Waals surface area contributed by atoms with E-state index in [0.29, 0.717) is 5.19 Å². The summed E-state index contributed by atoms with van der Waals surface area (Å²) in [4.78, 5) is 14.6. The Hall–Kier alpha value is -1.53. The van der Waals surface area contributed by atoms with Crippen molar-refractivity contribution < 1.29 is 14.6 Å². The van der Waals surface area contributed by atoms with Gasteiger partial charge in [-0.2, -0.15) is 0 Å². The SMILES string of the molecule is O=C(O)CCC(=S)Oc1nc2ccccc2s1. The van der Waals surface area contributed by atoms with Gasteiger partial charge in [0, 0.05) is 6.42 Å². The van der Waals surface area contributed by atoms with Crippen molar-refractivity contribution in [2.75, 3.05) is 0 Å². The van der Waals surface area contributed by atoms with E-state index in [0.717, 1.165) is 10.2 Å². The van der Waals surface area contributed by atoms with Crippen molar-refractivity contribution in [3.05, 3.63) is 24.3 Å². The van der Waals surface area contributed by atoms with Gasteiger partial charge in [-0.1, -0.05) is 23.5 Å². The van der Waals surface area contributed by atoms with Gasteiger partial charge in [-0.25, -0.2) is 4.98 Å². The lowest BCUT2D eigenvalue weighted by atomic mass is 10.3. The Balaban J connectivity index is 2.03. The van der Waals surface area contributed by atoms with E-state index in [-0.39, 0.29) is 17.9 Å². The zero-order valence-corrected chi connectivity index (χ0v) is 10.4. The molecule has 4 nitrogen and oxygen atoms in total. The molecule has 0 aliphatic rings. The molecule has 0 spiro atoms. The number of thiocarbonyl (C=S) groups is 1. The molecule has 0 saturated carbocycles. The minimum Gasteiger partial charge on any atom is -0.481 e. The van der Waals surface area contributed by atoms with Crippen molar-refractivity contribution in [3.63, 3.8) is 0 Å². The maximum absolute atomic E-state index is 10.4. The van der Waals surface area contributed by atoms with Crippen LogP contribution in [-0.4, -0.2) is 21.1 Å². The number of ether oxygens (including phenoxy) is 1. The molecule has 2 rings (SSSR count). The van der Waals surface area contributed by atoms with Crippen LogP contribution < -0.4 is 4.74 Å². The van der Waals surface area contributed by atoms with Gasteiger partial charge in [-0.05, 0) is 24.4 Å². The van der Waals surface area contributed by atoms with E-state index in [4.69, 9.17) is 22.1 Å². The fourth-order valence-corrected chi connectivity index (χ4v) is 2.33. The molecule has 0 atom stereocenters. The van der Waals surface area contributed by atoms with E-state index in [1.807, 2.05) is 24.3 Å². The molecule has 0 amide bonds. The fraction of sp³-hybridized carbons (Fsp3) is 0.182. The van der Waals surface area contributed by atoms with Crippen LogP contribution in [0.5, 0.6) is 5.19 Å². The summed E-state index contributed by atoms with van der Waals surface area (Å²) in [6, 6.07) is 7.65. The number of carbonyl (C=O) groups is 1. The summed E-state index contributed by atoms with van der Waals surface area (Å²) in [7, 11) is 0. The molecule has 2 aromatic rings. The molecule has 1 heterocycles. The molecule has 0 aliphatic heterocycles. The number of hydrogen-bond acceptors (Lipinski definition) is 5. The highest BCUT2D eigenvalue weighted by atomic mass is 32.1. The summed E-state index contributed by atoms with van der Waals surface area (Å²) in [5, 5.41) is 9.23. The second-order valence-electron chi connectivity index (χ2n) is 3.32. The van der Waals surface area contributed by atoms with Crippen LogP contribution >= 0.6 is 23.6 Å².